The van der Waals surface area contributed by atoms with Crippen molar-refractivity contribution in [1.82, 2.24) is 29.7 Å². The second-order valence-corrected chi connectivity index (χ2v) is 10.1. The van der Waals surface area contributed by atoms with Gasteiger partial charge in [0, 0.05) is 25.2 Å². The van der Waals surface area contributed by atoms with Crippen LogP contribution in [0.3, 0.4) is 0 Å². The third-order valence-electron chi connectivity index (χ3n) is 7.58. The van der Waals surface area contributed by atoms with Crippen molar-refractivity contribution in [1.29, 1.82) is 0 Å². The van der Waals surface area contributed by atoms with E-state index in [9.17, 15) is 33.3 Å². The number of carbonyl (C=O) groups excluding carboxylic acids is 1. The first-order valence-electron chi connectivity index (χ1n) is 13.0. The standard InChI is InChI=1S/C26H30F3N6O5/c1-33-15(6-7-30-33)11-34(19-4-2-3-5-21(19)37)26(39)22-10-20(25(38)23(13-36)40-22)35-12-18(31-32-35)14-8-16(27)24(29)17(28)9-14/h6-10,12,19-23,25,36-38H,2-5,11,13H2,1H3/t19-,20-,21-,22+,23+,25+/m0/s1. The van der Waals surface area contributed by atoms with Gasteiger partial charge in [-0.1, -0.05) is 18.1 Å². The van der Waals surface area contributed by atoms with Crippen LogP contribution in [0.25, 0.3) is 11.3 Å². The minimum atomic E-state index is -1.62. The predicted octanol–water partition coefficient (Wildman–Crippen LogP) is 1.29. The van der Waals surface area contributed by atoms with Gasteiger partial charge < -0.3 is 25.0 Å². The summed E-state index contributed by atoms with van der Waals surface area (Å²) >= 11 is 0. The highest BCUT2D eigenvalue weighted by atomic mass is 19.2. The number of amides is 1. The number of aliphatic hydroxyl groups excluding tert-OH is 3. The van der Waals surface area contributed by atoms with Gasteiger partial charge in [-0.25, -0.2) is 17.9 Å². The van der Waals surface area contributed by atoms with E-state index >= 15 is 0 Å². The van der Waals surface area contributed by atoms with Crippen LogP contribution in [0.4, 0.5) is 13.2 Å². The maximum absolute atomic E-state index is 14.0. The molecule has 215 valence electrons. The van der Waals surface area contributed by atoms with Gasteiger partial charge >= 0.3 is 0 Å². The Morgan fingerprint density at radius 1 is 1.18 bits per heavy atom. The minimum absolute atomic E-state index is 0.00326. The fourth-order valence-corrected chi connectivity index (χ4v) is 5.33. The molecule has 6 atom stereocenters. The number of hydrogen-bond donors (Lipinski definition) is 3. The summed E-state index contributed by atoms with van der Waals surface area (Å²) in [7, 11) is 1.74. The SMILES string of the molecule is Cn1nccc1CN(C(=O)[C@H]1[CH][C@H](n2cc(-c3cc(F)c(F)c(F)c3)nn2)[C@@H](O)[C@@H](CO)O1)[C@H]1CCCC[C@@H]1O. The van der Waals surface area contributed by atoms with Gasteiger partial charge in [0.05, 0.1) is 43.2 Å². The van der Waals surface area contributed by atoms with Crippen LogP contribution in [0.1, 0.15) is 37.4 Å². The maximum atomic E-state index is 14.0. The van der Waals surface area contributed by atoms with Gasteiger partial charge in [0.15, 0.2) is 17.5 Å². The van der Waals surface area contributed by atoms with Crippen molar-refractivity contribution >= 4 is 5.91 Å². The summed E-state index contributed by atoms with van der Waals surface area (Å²) in [6, 6.07) is 1.80. The molecule has 1 saturated carbocycles. The molecule has 3 aromatic rings. The maximum Gasteiger partial charge on any atom is 0.252 e. The third kappa shape index (κ3) is 5.48. The van der Waals surface area contributed by atoms with Crippen molar-refractivity contribution in [3.8, 4) is 11.3 Å². The van der Waals surface area contributed by atoms with Gasteiger partial charge in [-0.05, 0) is 31.0 Å². The molecular formula is C26H30F3N6O5. The van der Waals surface area contributed by atoms with E-state index in [-0.39, 0.29) is 17.8 Å². The summed E-state index contributed by atoms with van der Waals surface area (Å²) in [5, 5.41) is 43.6. The van der Waals surface area contributed by atoms with Crippen molar-refractivity contribution in [2.24, 2.45) is 7.05 Å². The van der Waals surface area contributed by atoms with E-state index in [0.717, 1.165) is 30.7 Å². The molecule has 1 radical (unpaired) electrons. The normalized spacial score (nSPS) is 27.1. The molecule has 2 aromatic heterocycles. The van der Waals surface area contributed by atoms with E-state index in [1.807, 2.05) is 0 Å². The smallest absolute Gasteiger partial charge is 0.252 e. The van der Waals surface area contributed by atoms with Crippen molar-refractivity contribution in [2.45, 2.75) is 68.7 Å². The lowest BCUT2D eigenvalue weighted by molar-refractivity contribution is -0.171. The molecule has 3 N–H and O–H groups in total. The number of ether oxygens (including phenoxy) is 1. The van der Waals surface area contributed by atoms with E-state index in [1.54, 1.807) is 28.9 Å². The van der Waals surface area contributed by atoms with E-state index in [2.05, 4.69) is 15.4 Å². The molecule has 1 aromatic carbocycles. The topological polar surface area (TPSA) is 139 Å². The Morgan fingerprint density at radius 3 is 2.55 bits per heavy atom. The molecule has 2 fully saturated rings. The van der Waals surface area contributed by atoms with Crippen LogP contribution in [-0.4, -0.2) is 88.0 Å². The largest absolute Gasteiger partial charge is 0.394 e. The number of rotatable bonds is 7. The van der Waals surface area contributed by atoms with Crippen LogP contribution >= 0.6 is 0 Å². The highest BCUT2D eigenvalue weighted by Gasteiger charge is 2.45. The monoisotopic (exact) mass is 563 g/mol. The van der Waals surface area contributed by atoms with Crippen molar-refractivity contribution < 1.29 is 38.0 Å². The summed E-state index contributed by atoms with van der Waals surface area (Å²) in [5.74, 6) is -4.89. The molecule has 2 aliphatic rings. The number of carbonyl (C=O) groups is 1. The van der Waals surface area contributed by atoms with Gasteiger partial charge in [-0.15, -0.1) is 5.10 Å². The van der Waals surface area contributed by atoms with E-state index in [1.165, 1.54) is 17.3 Å². The zero-order valence-corrected chi connectivity index (χ0v) is 21.6. The number of aliphatic hydroxyl groups is 3. The number of nitrogens with zero attached hydrogens (tertiary/aromatic N) is 6. The summed E-state index contributed by atoms with van der Waals surface area (Å²) in [4.78, 5) is 15.5. The Kier molecular flexibility index (Phi) is 8.21. The molecular weight excluding hydrogens is 533 g/mol. The lowest BCUT2D eigenvalue weighted by Gasteiger charge is -2.42. The van der Waals surface area contributed by atoms with Crippen LogP contribution in [-0.2, 0) is 23.1 Å². The number of hydrogen-bond acceptors (Lipinski definition) is 8. The molecule has 40 heavy (non-hydrogen) atoms. The molecule has 5 rings (SSSR count). The Balaban J connectivity index is 1.43. The molecule has 0 unspecified atom stereocenters. The summed E-state index contributed by atoms with van der Waals surface area (Å²) in [6.07, 6.45) is 2.61. The highest BCUT2D eigenvalue weighted by molar-refractivity contribution is 5.83. The van der Waals surface area contributed by atoms with Crippen LogP contribution in [0.15, 0.2) is 30.6 Å². The third-order valence-corrected chi connectivity index (χ3v) is 7.58. The number of halogens is 3. The van der Waals surface area contributed by atoms with Gasteiger partial charge in [0.2, 0.25) is 0 Å². The Bertz CT molecular complexity index is 1330. The second-order valence-electron chi connectivity index (χ2n) is 10.1. The van der Waals surface area contributed by atoms with Gasteiger partial charge in [0.1, 0.15) is 24.0 Å². The molecule has 1 saturated heterocycles. The molecule has 3 heterocycles. The second kappa shape index (κ2) is 11.6. The Morgan fingerprint density at radius 2 is 1.90 bits per heavy atom. The summed E-state index contributed by atoms with van der Waals surface area (Å²) in [6.45, 7) is -0.462. The average Bonchev–Trinajstić information content (AvgIpc) is 3.59. The number of aromatic nitrogens is 5. The molecule has 0 spiro atoms. The first-order chi connectivity index (χ1) is 19.2. The average molecular weight is 564 g/mol. The number of aryl methyl sites for hydroxylation is 1. The summed E-state index contributed by atoms with van der Waals surface area (Å²) < 4.78 is 49.6. The lowest BCUT2D eigenvalue weighted by Crippen LogP contribution is -2.57. The van der Waals surface area contributed by atoms with Crippen LogP contribution in [0.2, 0.25) is 0 Å². The van der Waals surface area contributed by atoms with Gasteiger partial charge in [0.25, 0.3) is 5.91 Å². The van der Waals surface area contributed by atoms with Crippen molar-refractivity contribution in [2.75, 3.05) is 6.61 Å². The fourth-order valence-electron chi connectivity index (χ4n) is 5.33. The van der Waals surface area contributed by atoms with E-state index < -0.39 is 66.5 Å². The zero-order chi connectivity index (χ0) is 28.6. The summed E-state index contributed by atoms with van der Waals surface area (Å²) in [5.41, 5.74) is 0.651. The first kappa shape index (κ1) is 28.2. The first-order valence-corrected chi connectivity index (χ1v) is 13.0. The molecule has 14 heteroatoms. The van der Waals surface area contributed by atoms with Crippen molar-refractivity contribution in [3.05, 3.63) is 60.2 Å². The lowest BCUT2D eigenvalue weighted by atomic mass is 9.89. The van der Waals surface area contributed by atoms with E-state index in [4.69, 9.17) is 4.74 Å². The molecule has 1 aliphatic carbocycles. The fraction of sp³-hybridized carbons (Fsp3) is 0.500. The van der Waals surface area contributed by atoms with Crippen molar-refractivity contribution in [3.63, 3.8) is 0 Å². The molecule has 1 amide bonds. The molecule has 0 bridgehead atoms. The number of benzene rings is 1. The van der Waals surface area contributed by atoms with Crippen LogP contribution in [0.5, 0.6) is 0 Å². The predicted molar refractivity (Wildman–Crippen MR) is 132 cm³/mol. The zero-order valence-electron chi connectivity index (χ0n) is 21.6. The van der Waals surface area contributed by atoms with Crippen LogP contribution in [0, 0.1) is 23.9 Å². The molecule has 11 nitrogen and oxygen atoms in total. The Labute approximate surface area is 227 Å². The van der Waals surface area contributed by atoms with E-state index in [0.29, 0.717) is 12.8 Å². The minimum Gasteiger partial charge on any atom is -0.394 e. The van der Waals surface area contributed by atoms with Crippen LogP contribution < -0.4 is 0 Å². The molecule has 1 aliphatic heterocycles. The van der Waals surface area contributed by atoms with Gasteiger partial charge in [-0.3, -0.25) is 9.48 Å². The quantitative estimate of drug-likeness (QED) is 0.366. The Hall–Kier alpha value is -3.33. The highest BCUT2D eigenvalue weighted by Crippen LogP contribution is 2.33. The van der Waals surface area contributed by atoms with Gasteiger partial charge in [-0.2, -0.15) is 5.10 Å².